The van der Waals surface area contributed by atoms with Gasteiger partial charge in [-0.25, -0.2) is 9.37 Å². The SMILES string of the molecule is O=C(NC1CCCC1O)c1ccc(F)c(NC(=O)c2cnc3ccccn23)c1. The lowest BCUT2D eigenvalue weighted by Gasteiger charge is -2.17. The van der Waals surface area contributed by atoms with Crippen molar-refractivity contribution in [1.82, 2.24) is 14.7 Å². The molecule has 3 N–H and O–H groups in total. The molecule has 0 bridgehead atoms. The molecule has 8 heteroatoms. The first-order valence-electron chi connectivity index (χ1n) is 9.05. The third kappa shape index (κ3) is 3.46. The Morgan fingerprint density at radius 1 is 1.18 bits per heavy atom. The van der Waals surface area contributed by atoms with Crippen molar-refractivity contribution in [3.63, 3.8) is 0 Å². The van der Waals surface area contributed by atoms with Crippen LogP contribution in [0.4, 0.5) is 10.1 Å². The largest absolute Gasteiger partial charge is 0.391 e. The van der Waals surface area contributed by atoms with Crippen LogP contribution in [-0.4, -0.2) is 38.5 Å². The smallest absolute Gasteiger partial charge is 0.274 e. The van der Waals surface area contributed by atoms with Crippen molar-refractivity contribution in [1.29, 1.82) is 0 Å². The first kappa shape index (κ1) is 18.1. The Hall–Kier alpha value is -3.26. The number of amides is 2. The molecule has 3 aromatic rings. The molecule has 4 rings (SSSR count). The van der Waals surface area contributed by atoms with Crippen molar-refractivity contribution < 1.29 is 19.1 Å². The molecular weight excluding hydrogens is 363 g/mol. The molecule has 0 aliphatic heterocycles. The number of anilines is 1. The van der Waals surface area contributed by atoms with E-state index in [0.717, 1.165) is 12.5 Å². The summed E-state index contributed by atoms with van der Waals surface area (Å²) in [5.74, 6) is -1.61. The average Bonchev–Trinajstić information content (AvgIpc) is 3.30. The third-order valence-corrected chi connectivity index (χ3v) is 4.92. The molecule has 2 aromatic heterocycles. The van der Waals surface area contributed by atoms with E-state index in [9.17, 15) is 19.1 Å². The van der Waals surface area contributed by atoms with E-state index < -0.39 is 23.7 Å². The van der Waals surface area contributed by atoms with E-state index in [2.05, 4.69) is 15.6 Å². The lowest BCUT2D eigenvalue weighted by atomic mass is 10.1. The van der Waals surface area contributed by atoms with Gasteiger partial charge in [0.2, 0.25) is 0 Å². The Balaban J connectivity index is 1.54. The molecule has 1 saturated carbocycles. The molecule has 2 atom stereocenters. The van der Waals surface area contributed by atoms with Gasteiger partial charge in [-0.15, -0.1) is 0 Å². The van der Waals surface area contributed by atoms with Crippen LogP contribution >= 0.6 is 0 Å². The van der Waals surface area contributed by atoms with Crippen LogP contribution in [0.5, 0.6) is 0 Å². The van der Waals surface area contributed by atoms with Crippen molar-refractivity contribution in [3.8, 4) is 0 Å². The summed E-state index contributed by atoms with van der Waals surface area (Å²) in [6, 6.07) is 8.75. The molecule has 28 heavy (non-hydrogen) atoms. The van der Waals surface area contributed by atoms with E-state index in [-0.39, 0.29) is 23.0 Å². The van der Waals surface area contributed by atoms with Gasteiger partial charge in [0.05, 0.1) is 24.0 Å². The number of aliphatic hydroxyl groups is 1. The first-order chi connectivity index (χ1) is 13.5. The molecule has 1 aromatic carbocycles. The van der Waals surface area contributed by atoms with Gasteiger partial charge in [-0.3, -0.25) is 14.0 Å². The summed E-state index contributed by atoms with van der Waals surface area (Å²) in [4.78, 5) is 29.1. The second-order valence-corrected chi connectivity index (χ2v) is 6.80. The summed E-state index contributed by atoms with van der Waals surface area (Å²) in [6.45, 7) is 0. The number of hydrogen-bond acceptors (Lipinski definition) is 4. The fraction of sp³-hybridized carbons (Fsp3) is 0.250. The van der Waals surface area contributed by atoms with Gasteiger partial charge in [-0.1, -0.05) is 6.07 Å². The molecule has 2 amide bonds. The Bertz CT molecular complexity index is 1050. The molecule has 1 fully saturated rings. The minimum atomic E-state index is -0.653. The van der Waals surface area contributed by atoms with Crippen molar-refractivity contribution in [2.75, 3.05) is 5.32 Å². The van der Waals surface area contributed by atoms with E-state index in [1.807, 2.05) is 0 Å². The Kier molecular flexibility index (Phi) is 4.79. The maximum absolute atomic E-state index is 14.2. The number of rotatable bonds is 4. The topological polar surface area (TPSA) is 95.7 Å². The molecule has 0 radical (unpaired) electrons. The van der Waals surface area contributed by atoms with Crippen LogP contribution in [0.15, 0.2) is 48.8 Å². The number of carbonyl (C=O) groups is 2. The fourth-order valence-electron chi connectivity index (χ4n) is 3.41. The van der Waals surface area contributed by atoms with Gasteiger partial charge in [0.25, 0.3) is 11.8 Å². The molecule has 2 unspecified atom stereocenters. The molecule has 144 valence electrons. The van der Waals surface area contributed by atoms with E-state index in [4.69, 9.17) is 0 Å². The normalized spacial score (nSPS) is 18.9. The molecule has 2 heterocycles. The maximum atomic E-state index is 14.2. The third-order valence-electron chi connectivity index (χ3n) is 4.92. The van der Waals surface area contributed by atoms with E-state index in [0.29, 0.717) is 18.5 Å². The molecule has 1 aliphatic rings. The molecule has 0 spiro atoms. The van der Waals surface area contributed by atoms with Crippen LogP contribution in [0.25, 0.3) is 5.65 Å². The lowest BCUT2D eigenvalue weighted by Crippen LogP contribution is -2.39. The summed E-state index contributed by atoms with van der Waals surface area (Å²) >= 11 is 0. The quantitative estimate of drug-likeness (QED) is 0.646. The van der Waals surface area contributed by atoms with Crippen LogP contribution in [0.1, 0.15) is 40.1 Å². The Morgan fingerprint density at radius 3 is 2.82 bits per heavy atom. The maximum Gasteiger partial charge on any atom is 0.274 e. The van der Waals surface area contributed by atoms with Crippen LogP contribution in [-0.2, 0) is 0 Å². The minimum absolute atomic E-state index is 0.101. The van der Waals surface area contributed by atoms with Gasteiger partial charge in [-0.2, -0.15) is 0 Å². The van der Waals surface area contributed by atoms with Crippen LogP contribution < -0.4 is 10.6 Å². The number of hydrogen-bond donors (Lipinski definition) is 3. The summed E-state index contributed by atoms with van der Waals surface area (Å²) in [5.41, 5.74) is 0.944. The number of nitrogens with one attached hydrogen (secondary N) is 2. The van der Waals surface area contributed by atoms with Crippen molar-refractivity contribution in [2.24, 2.45) is 0 Å². The lowest BCUT2D eigenvalue weighted by molar-refractivity contribution is 0.0872. The van der Waals surface area contributed by atoms with Crippen molar-refractivity contribution >= 4 is 23.1 Å². The van der Waals surface area contributed by atoms with Gasteiger partial charge < -0.3 is 15.7 Å². The zero-order chi connectivity index (χ0) is 19.7. The summed E-state index contributed by atoms with van der Waals surface area (Å²) in [6.07, 6.45) is 4.71. The standard InChI is InChI=1S/C20H19FN4O3/c21-13-8-7-12(19(27)23-14-4-3-5-17(14)26)10-15(13)24-20(28)16-11-22-18-6-1-2-9-25(16)18/h1-2,6-11,14,17,26H,3-5H2,(H,23,27)(H,24,28). The number of nitrogens with zero attached hydrogens (tertiary/aromatic N) is 2. The minimum Gasteiger partial charge on any atom is -0.391 e. The number of halogens is 1. The highest BCUT2D eigenvalue weighted by atomic mass is 19.1. The van der Waals surface area contributed by atoms with E-state index >= 15 is 0 Å². The highest BCUT2D eigenvalue weighted by Gasteiger charge is 2.27. The van der Waals surface area contributed by atoms with Crippen LogP contribution in [0, 0.1) is 5.82 Å². The van der Waals surface area contributed by atoms with Gasteiger partial charge in [-0.05, 0) is 49.6 Å². The molecule has 1 aliphatic carbocycles. The van der Waals surface area contributed by atoms with E-state index in [1.165, 1.54) is 18.3 Å². The van der Waals surface area contributed by atoms with Crippen LogP contribution in [0.2, 0.25) is 0 Å². The molecule has 0 saturated heterocycles. The summed E-state index contributed by atoms with van der Waals surface area (Å²) in [5, 5.41) is 15.1. The zero-order valence-corrected chi connectivity index (χ0v) is 14.9. The highest BCUT2D eigenvalue weighted by molar-refractivity contribution is 6.04. The fourth-order valence-corrected chi connectivity index (χ4v) is 3.41. The Labute approximate surface area is 160 Å². The number of imidazole rings is 1. The molecule has 7 nitrogen and oxygen atoms in total. The molecular formula is C20H19FN4O3. The number of carbonyl (C=O) groups excluding carboxylic acids is 2. The monoisotopic (exact) mass is 382 g/mol. The second kappa shape index (κ2) is 7.40. The summed E-state index contributed by atoms with van der Waals surface area (Å²) in [7, 11) is 0. The number of fused-ring (bicyclic) bond motifs is 1. The second-order valence-electron chi connectivity index (χ2n) is 6.80. The Morgan fingerprint density at radius 2 is 2.04 bits per heavy atom. The zero-order valence-electron chi connectivity index (χ0n) is 14.9. The van der Waals surface area contributed by atoms with Gasteiger partial charge in [0, 0.05) is 11.8 Å². The van der Waals surface area contributed by atoms with Crippen molar-refractivity contribution in [2.45, 2.75) is 31.4 Å². The van der Waals surface area contributed by atoms with Gasteiger partial charge in [0.15, 0.2) is 0 Å². The average molecular weight is 382 g/mol. The van der Waals surface area contributed by atoms with Gasteiger partial charge in [0.1, 0.15) is 17.2 Å². The first-order valence-corrected chi connectivity index (χ1v) is 9.05. The number of aliphatic hydroxyl groups excluding tert-OH is 1. The summed E-state index contributed by atoms with van der Waals surface area (Å²) < 4.78 is 15.8. The highest BCUT2D eigenvalue weighted by Crippen LogP contribution is 2.21. The van der Waals surface area contributed by atoms with Crippen molar-refractivity contribution in [3.05, 3.63) is 65.9 Å². The van der Waals surface area contributed by atoms with Crippen LogP contribution in [0.3, 0.4) is 0 Å². The van der Waals surface area contributed by atoms with E-state index in [1.54, 1.807) is 28.8 Å². The predicted molar refractivity (Wildman–Crippen MR) is 101 cm³/mol. The van der Waals surface area contributed by atoms with Gasteiger partial charge >= 0.3 is 0 Å². The number of benzene rings is 1. The number of pyridine rings is 1. The predicted octanol–water partition coefficient (Wildman–Crippen LogP) is 2.37. The number of aromatic nitrogens is 2.